The zero-order valence-corrected chi connectivity index (χ0v) is 16.5. The summed E-state index contributed by atoms with van der Waals surface area (Å²) in [7, 11) is 0. The molecule has 158 valence electrons. The van der Waals surface area contributed by atoms with Crippen molar-refractivity contribution in [3.8, 4) is 5.75 Å². The molecule has 0 spiro atoms. The highest BCUT2D eigenvalue weighted by Gasteiger charge is 2.43. The first kappa shape index (κ1) is 20.1. The molecule has 1 saturated heterocycles. The number of guanidine groups is 1. The van der Waals surface area contributed by atoms with E-state index >= 15 is 0 Å². The molecule has 0 bridgehead atoms. The minimum Gasteiger partial charge on any atom is -0.405 e. The Morgan fingerprint density at radius 1 is 1.24 bits per heavy atom. The maximum absolute atomic E-state index is 12.7. The van der Waals surface area contributed by atoms with E-state index in [0.717, 1.165) is 45.0 Å². The largest absolute Gasteiger partial charge is 0.573 e. The molecule has 3 atom stereocenters. The zero-order chi connectivity index (χ0) is 20.4. The molecule has 1 saturated carbocycles. The van der Waals surface area contributed by atoms with Crippen LogP contribution in [0.15, 0.2) is 41.4 Å². The van der Waals surface area contributed by atoms with Gasteiger partial charge in [-0.15, -0.1) is 13.2 Å². The van der Waals surface area contributed by atoms with Crippen molar-refractivity contribution < 1.29 is 17.9 Å². The van der Waals surface area contributed by atoms with Crippen LogP contribution in [0.1, 0.15) is 31.2 Å². The number of halogens is 3. The quantitative estimate of drug-likeness (QED) is 0.461. The molecule has 5 nitrogen and oxygen atoms in total. The number of ether oxygens (including phenoxy) is 1. The summed E-state index contributed by atoms with van der Waals surface area (Å²) in [6.45, 7) is 6.55. The number of likely N-dealkylation sites (tertiary alicyclic amines) is 1. The highest BCUT2D eigenvalue weighted by atomic mass is 19.4. The number of nitrogens with one attached hydrogen (secondary N) is 1. The van der Waals surface area contributed by atoms with Crippen LogP contribution in [0.2, 0.25) is 0 Å². The van der Waals surface area contributed by atoms with Crippen LogP contribution in [-0.4, -0.2) is 66.9 Å². The second-order valence-corrected chi connectivity index (χ2v) is 7.79. The Bertz CT molecular complexity index is 771. The summed E-state index contributed by atoms with van der Waals surface area (Å²) in [6.07, 6.45) is 1.60. The van der Waals surface area contributed by atoms with Crippen LogP contribution in [0.25, 0.3) is 0 Å². The van der Waals surface area contributed by atoms with Crippen LogP contribution in [0.4, 0.5) is 13.2 Å². The minimum absolute atomic E-state index is 0.00297. The van der Waals surface area contributed by atoms with Crippen molar-refractivity contribution in [3.05, 3.63) is 42.0 Å². The van der Waals surface area contributed by atoms with Crippen LogP contribution in [-0.2, 0) is 0 Å². The van der Waals surface area contributed by atoms with E-state index in [1.54, 1.807) is 18.2 Å². The van der Waals surface area contributed by atoms with Crippen LogP contribution in [0.5, 0.6) is 5.75 Å². The Kier molecular flexibility index (Phi) is 5.72. The lowest BCUT2D eigenvalue weighted by molar-refractivity contribution is -0.274. The molecule has 3 unspecified atom stereocenters. The second kappa shape index (κ2) is 8.26. The van der Waals surface area contributed by atoms with Gasteiger partial charge in [-0.25, -0.2) is 0 Å². The molecule has 0 amide bonds. The Hall–Kier alpha value is -2.22. The monoisotopic (exact) mass is 408 g/mol. The fourth-order valence-corrected chi connectivity index (χ4v) is 4.28. The van der Waals surface area contributed by atoms with Crippen molar-refractivity contribution in [2.75, 3.05) is 32.7 Å². The number of alkyl halides is 3. The second-order valence-electron chi connectivity index (χ2n) is 7.79. The SMILES string of the molecule is CCN=C(NC1CC1c1ccccc1OC(F)(F)F)N1CCC(N2CC=CC2)C1. The first-order valence-electron chi connectivity index (χ1n) is 10.2. The highest BCUT2D eigenvalue weighted by Crippen LogP contribution is 2.45. The number of para-hydroxylation sites is 1. The molecule has 1 aromatic rings. The molecule has 4 rings (SSSR count). The van der Waals surface area contributed by atoms with Gasteiger partial charge < -0.3 is 15.0 Å². The Morgan fingerprint density at radius 2 is 2.00 bits per heavy atom. The van der Waals surface area contributed by atoms with Crippen molar-refractivity contribution in [2.45, 2.75) is 44.1 Å². The van der Waals surface area contributed by atoms with Gasteiger partial charge in [-0.05, 0) is 31.4 Å². The molecular weight excluding hydrogens is 381 g/mol. The Balaban J connectivity index is 1.38. The van der Waals surface area contributed by atoms with E-state index in [4.69, 9.17) is 0 Å². The molecule has 1 N–H and O–H groups in total. The summed E-state index contributed by atoms with van der Waals surface area (Å²) in [6, 6.07) is 7.02. The van der Waals surface area contributed by atoms with E-state index in [1.165, 1.54) is 6.07 Å². The van der Waals surface area contributed by atoms with Crippen molar-refractivity contribution in [3.63, 3.8) is 0 Å². The van der Waals surface area contributed by atoms with Crippen LogP contribution < -0.4 is 10.1 Å². The number of hydrogen-bond donors (Lipinski definition) is 1. The fourth-order valence-electron chi connectivity index (χ4n) is 4.28. The highest BCUT2D eigenvalue weighted by molar-refractivity contribution is 5.81. The third-order valence-corrected chi connectivity index (χ3v) is 5.78. The predicted molar refractivity (Wildman–Crippen MR) is 106 cm³/mol. The van der Waals surface area contributed by atoms with Crippen molar-refractivity contribution in [1.82, 2.24) is 15.1 Å². The summed E-state index contributed by atoms with van der Waals surface area (Å²) in [5.41, 5.74) is 0.598. The molecule has 2 fully saturated rings. The van der Waals surface area contributed by atoms with Crippen molar-refractivity contribution >= 4 is 5.96 Å². The van der Waals surface area contributed by atoms with Crippen LogP contribution >= 0.6 is 0 Å². The van der Waals surface area contributed by atoms with E-state index in [2.05, 4.69) is 37.0 Å². The third-order valence-electron chi connectivity index (χ3n) is 5.78. The van der Waals surface area contributed by atoms with Gasteiger partial charge in [0, 0.05) is 50.7 Å². The number of aliphatic imine (C=N–C) groups is 1. The standard InChI is InChI=1S/C21H27F3N4O/c1-2-25-20(28-12-9-15(14-28)27-10-5-6-11-27)26-18-13-17(18)16-7-3-4-8-19(16)29-21(22,23)24/h3-8,15,17-18H,2,9-14H2,1H3,(H,25,26). The first-order valence-corrected chi connectivity index (χ1v) is 10.2. The molecule has 8 heteroatoms. The predicted octanol–water partition coefficient (Wildman–Crippen LogP) is 3.35. The summed E-state index contributed by atoms with van der Waals surface area (Å²) in [4.78, 5) is 9.39. The molecule has 2 heterocycles. The molecular formula is C21H27F3N4O. The molecule has 1 aromatic carbocycles. The number of nitrogens with zero attached hydrogens (tertiary/aromatic N) is 3. The molecule has 29 heavy (non-hydrogen) atoms. The van der Waals surface area contributed by atoms with Gasteiger partial charge in [-0.3, -0.25) is 9.89 Å². The summed E-state index contributed by atoms with van der Waals surface area (Å²) >= 11 is 0. The zero-order valence-electron chi connectivity index (χ0n) is 16.5. The maximum atomic E-state index is 12.7. The number of benzene rings is 1. The van der Waals surface area contributed by atoms with E-state index < -0.39 is 6.36 Å². The lowest BCUT2D eigenvalue weighted by Crippen LogP contribution is -2.44. The summed E-state index contributed by atoms with van der Waals surface area (Å²) < 4.78 is 42.4. The van der Waals surface area contributed by atoms with Gasteiger partial charge in [0.05, 0.1) is 0 Å². The molecule has 2 aliphatic heterocycles. The molecule has 0 radical (unpaired) electrons. The average Bonchev–Trinajstić information content (AvgIpc) is 3.08. The summed E-state index contributed by atoms with van der Waals surface area (Å²) in [5, 5.41) is 3.49. The average molecular weight is 408 g/mol. The lowest BCUT2D eigenvalue weighted by Gasteiger charge is -2.26. The van der Waals surface area contributed by atoms with E-state index in [0.29, 0.717) is 18.2 Å². The molecule has 0 aromatic heterocycles. The van der Waals surface area contributed by atoms with Crippen LogP contribution in [0.3, 0.4) is 0 Å². The minimum atomic E-state index is -4.68. The molecule has 3 aliphatic rings. The van der Waals surface area contributed by atoms with E-state index in [9.17, 15) is 13.2 Å². The maximum Gasteiger partial charge on any atom is 0.573 e. The lowest BCUT2D eigenvalue weighted by atomic mass is 10.1. The summed E-state index contributed by atoms with van der Waals surface area (Å²) in [5.74, 6) is 0.756. The fraction of sp³-hybridized carbons (Fsp3) is 0.571. The van der Waals surface area contributed by atoms with Gasteiger partial charge >= 0.3 is 6.36 Å². The van der Waals surface area contributed by atoms with Gasteiger partial charge in [0.2, 0.25) is 0 Å². The van der Waals surface area contributed by atoms with Crippen LogP contribution in [0, 0.1) is 0 Å². The van der Waals surface area contributed by atoms with Crippen molar-refractivity contribution in [1.29, 1.82) is 0 Å². The topological polar surface area (TPSA) is 40.1 Å². The van der Waals surface area contributed by atoms with Gasteiger partial charge in [-0.1, -0.05) is 30.4 Å². The van der Waals surface area contributed by atoms with Crippen molar-refractivity contribution in [2.24, 2.45) is 4.99 Å². The van der Waals surface area contributed by atoms with Gasteiger partial charge in [0.1, 0.15) is 5.75 Å². The van der Waals surface area contributed by atoms with E-state index in [-0.39, 0.29) is 17.7 Å². The third kappa shape index (κ3) is 4.86. The van der Waals surface area contributed by atoms with Gasteiger partial charge in [0.15, 0.2) is 5.96 Å². The Morgan fingerprint density at radius 3 is 2.72 bits per heavy atom. The van der Waals surface area contributed by atoms with E-state index in [1.807, 2.05) is 6.92 Å². The Labute approximate surface area is 169 Å². The normalized spacial score (nSPS) is 27.5. The first-order chi connectivity index (χ1) is 13.9. The number of hydrogen-bond acceptors (Lipinski definition) is 3. The van der Waals surface area contributed by atoms with Gasteiger partial charge in [-0.2, -0.15) is 0 Å². The smallest absolute Gasteiger partial charge is 0.405 e. The molecule has 1 aliphatic carbocycles. The number of rotatable bonds is 5. The van der Waals surface area contributed by atoms with Gasteiger partial charge in [0.25, 0.3) is 0 Å².